The summed E-state index contributed by atoms with van der Waals surface area (Å²) in [5.41, 5.74) is 8.09. The first kappa shape index (κ1) is 31.4. The van der Waals surface area contributed by atoms with Crippen LogP contribution in [0, 0.1) is 5.92 Å². The Morgan fingerprint density at radius 2 is 1.36 bits per heavy atom. The SMILES string of the molecule is CC(C)C(=O)[C@@H]1Cc2ccccc2N1.CC(C)NS(=O)(=O)C1CC1.CC(C)ON=C1c2ccccc2-c2ccccc21. The monoisotopic (exact) mass is 589 g/mol. The highest BCUT2D eigenvalue weighted by molar-refractivity contribution is 7.90. The van der Waals surface area contributed by atoms with Gasteiger partial charge in [0, 0.05) is 35.2 Å². The summed E-state index contributed by atoms with van der Waals surface area (Å²) in [5.74, 6) is 0.419. The number of carbonyl (C=O) groups excluding carboxylic acids is 1. The van der Waals surface area contributed by atoms with Crippen LogP contribution in [-0.4, -0.2) is 43.4 Å². The number of nitrogens with zero attached hydrogens (tertiary/aromatic N) is 1. The maximum atomic E-state index is 11.8. The fourth-order valence-corrected chi connectivity index (χ4v) is 6.53. The van der Waals surface area contributed by atoms with Gasteiger partial charge in [0.25, 0.3) is 0 Å². The molecule has 3 aromatic rings. The average Bonchev–Trinajstić information content (AvgIpc) is 3.66. The lowest BCUT2D eigenvalue weighted by Crippen LogP contribution is -2.32. The molecule has 42 heavy (non-hydrogen) atoms. The molecule has 0 radical (unpaired) electrons. The molecule has 0 amide bonds. The predicted octanol–water partition coefficient (Wildman–Crippen LogP) is 6.57. The second-order valence-corrected chi connectivity index (χ2v) is 13.8. The summed E-state index contributed by atoms with van der Waals surface area (Å²) < 4.78 is 24.7. The largest absolute Gasteiger partial charge is 0.393 e. The van der Waals surface area contributed by atoms with E-state index in [9.17, 15) is 13.2 Å². The highest BCUT2D eigenvalue weighted by atomic mass is 32.2. The van der Waals surface area contributed by atoms with E-state index in [0.29, 0.717) is 5.78 Å². The lowest BCUT2D eigenvalue weighted by Gasteiger charge is -2.12. The molecule has 0 unspecified atom stereocenters. The first-order valence-electron chi connectivity index (χ1n) is 14.8. The molecular weight excluding hydrogens is 546 g/mol. The minimum Gasteiger partial charge on any atom is -0.393 e. The van der Waals surface area contributed by atoms with E-state index in [2.05, 4.69) is 57.7 Å². The summed E-state index contributed by atoms with van der Waals surface area (Å²) in [5, 5.41) is 7.50. The molecule has 8 heteroatoms. The number of Topliss-reactive ketones (excluding diaryl/α,β-unsaturated/α-hetero) is 1. The smallest absolute Gasteiger partial charge is 0.214 e. The van der Waals surface area contributed by atoms with Gasteiger partial charge in [-0.1, -0.05) is 85.7 Å². The van der Waals surface area contributed by atoms with Crippen LogP contribution in [0.1, 0.15) is 71.1 Å². The van der Waals surface area contributed by atoms with Crippen LogP contribution in [0.25, 0.3) is 11.1 Å². The minimum atomic E-state index is -2.94. The number of carbonyl (C=O) groups is 1. The highest BCUT2D eigenvalue weighted by Crippen LogP contribution is 2.36. The molecule has 0 aromatic heterocycles. The Kier molecular flexibility index (Phi) is 10.2. The quantitative estimate of drug-likeness (QED) is 0.238. The Bertz CT molecular complexity index is 1450. The summed E-state index contributed by atoms with van der Waals surface area (Å²) in [4.78, 5) is 17.2. The van der Waals surface area contributed by atoms with Crippen molar-refractivity contribution in [2.24, 2.45) is 11.1 Å². The van der Waals surface area contributed by atoms with Crippen LogP contribution >= 0.6 is 0 Å². The Labute approximate surface area is 250 Å². The molecule has 0 spiro atoms. The Hall–Kier alpha value is -3.49. The summed E-state index contributed by atoms with van der Waals surface area (Å²) in [6, 6.07) is 24.8. The lowest BCUT2D eigenvalue weighted by atomic mass is 9.99. The van der Waals surface area contributed by atoms with Crippen molar-refractivity contribution in [3.8, 4) is 11.1 Å². The van der Waals surface area contributed by atoms with Crippen LogP contribution in [0.2, 0.25) is 0 Å². The van der Waals surface area contributed by atoms with Crippen LogP contribution in [0.5, 0.6) is 0 Å². The summed E-state index contributed by atoms with van der Waals surface area (Å²) in [6.45, 7) is 11.5. The van der Waals surface area contributed by atoms with Crippen LogP contribution in [0.4, 0.5) is 5.69 Å². The second kappa shape index (κ2) is 13.7. The number of nitrogens with one attached hydrogen (secondary N) is 2. The van der Waals surface area contributed by atoms with E-state index in [1.807, 2.05) is 71.9 Å². The van der Waals surface area contributed by atoms with E-state index in [1.165, 1.54) is 16.7 Å². The van der Waals surface area contributed by atoms with Crippen LogP contribution in [-0.2, 0) is 26.1 Å². The van der Waals surface area contributed by atoms with Gasteiger partial charge in [-0.3, -0.25) is 4.79 Å². The van der Waals surface area contributed by atoms with Crippen LogP contribution in [0.3, 0.4) is 0 Å². The molecule has 1 aliphatic heterocycles. The van der Waals surface area contributed by atoms with Crippen molar-refractivity contribution < 1.29 is 18.0 Å². The normalized spacial score (nSPS) is 16.4. The summed E-state index contributed by atoms with van der Waals surface area (Å²) in [6.07, 6.45) is 2.61. The number of para-hydroxylation sites is 1. The molecule has 1 heterocycles. The zero-order chi connectivity index (χ0) is 30.4. The van der Waals surface area contributed by atoms with Crippen molar-refractivity contribution >= 4 is 27.2 Å². The van der Waals surface area contributed by atoms with E-state index in [0.717, 1.165) is 41.8 Å². The van der Waals surface area contributed by atoms with E-state index < -0.39 is 10.0 Å². The third-order valence-corrected chi connectivity index (χ3v) is 9.21. The molecule has 0 saturated heterocycles. The number of oxime groups is 1. The number of benzene rings is 3. The van der Waals surface area contributed by atoms with Gasteiger partial charge in [0.1, 0.15) is 11.8 Å². The first-order valence-corrected chi connectivity index (χ1v) is 16.3. The molecule has 7 nitrogen and oxygen atoms in total. The molecule has 1 saturated carbocycles. The van der Waals surface area contributed by atoms with Gasteiger partial charge in [0.15, 0.2) is 5.78 Å². The second-order valence-electron chi connectivity index (χ2n) is 11.8. The van der Waals surface area contributed by atoms with E-state index in [-0.39, 0.29) is 29.4 Å². The first-order chi connectivity index (χ1) is 20.0. The van der Waals surface area contributed by atoms with Crippen molar-refractivity contribution in [1.82, 2.24) is 4.72 Å². The molecule has 3 aromatic carbocycles. The molecule has 1 fully saturated rings. The van der Waals surface area contributed by atoms with Gasteiger partial charge in [-0.05, 0) is 63.3 Å². The molecule has 2 N–H and O–H groups in total. The lowest BCUT2D eigenvalue weighted by molar-refractivity contribution is -0.122. The van der Waals surface area contributed by atoms with Crippen molar-refractivity contribution in [2.75, 3.05) is 5.32 Å². The molecule has 6 rings (SSSR count). The number of sulfonamides is 1. The zero-order valence-corrected chi connectivity index (χ0v) is 26.2. The van der Waals surface area contributed by atoms with E-state index >= 15 is 0 Å². The fraction of sp³-hybridized carbons (Fsp3) is 0.412. The molecule has 0 bridgehead atoms. The van der Waals surface area contributed by atoms with Crippen molar-refractivity contribution in [1.29, 1.82) is 0 Å². The molecular formula is C34H43N3O4S. The van der Waals surface area contributed by atoms with Gasteiger partial charge in [0.2, 0.25) is 10.0 Å². The number of anilines is 1. The minimum absolute atomic E-state index is 0.00704. The van der Waals surface area contributed by atoms with Gasteiger partial charge in [-0.25, -0.2) is 13.1 Å². The van der Waals surface area contributed by atoms with E-state index in [1.54, 1.807) is 0 Å². The standard InChI is InChI=1S/C16H15NO.C12H15NO.C6H13NO2S/c1-11(2)18-17-16-14-9-5-3-7-12(14)13-8-4-6-10-15(13)16;1-8(2)12(14)11-7-9-5-3-4-6-10(9)13-11;1-5(2)7-10(8,9)6-3-4-6/h3-11H,1-2H3;3-6,8,11,13H,7H2,1-2H3;5-7H,3-4H2,1-2H3/t;11-;/m.0./s1. The summed E-state index contributed by atoms with van der Waals surface area (Å²) in [7, 11) is -2.94. The van der Waals surface area contributed by atoms with Gasteiger partial charge in [-0.15, -0.1) is 0 Å². The van der Waals surface area contributed by atoms with Gasteiger partial charge in [0.05, 0.1) is 11.3 Å². The van der Waals surface area contributed by atoms with Crippen LogP contribution < -0.4 is 10.0 Å². The van der Waals surface area contributed by atoms with Crippen molar-refractivity contribution in [3.63, 3.8) is 0 Å². The van der Waals surface area contributed by atoms with Crippen LogP contribution in [0.15, 0.2) is 78.0 Å². The Balaban J connectivity index is 0.000000151. The Morgan fingerprint density at radius 1 is 0.833 bits per heavy atom. The maximum Gasteiger partial charge on any atom is 0.214 e. The summed E-state index contributed by atoms with van der Waals surface area (Å²) >= 11 is 0. The third-order valence-electron chi connectivity index (χ3n) is 7.06. The molecule has 2 aliphatic carbocycles. The number of rotatable bonds is 7. The number of ketones is 1. The number of fused-ring (bicyclic) bond motifs is 4. The third kappa shape index (κ3) is 7.86. The van der Waals surface area contributed by atoms with Crippen molar-refractivity contribution in [2.45, 2.75) is 84.2 Å². The van der Waals surface area contributed by atoms with E-state index in [4.69, 9.17) is 4.84 Å². The topological polar surface area (TPSA) is 96.9 Å². The fourth-order valence-electron chi connectivity index (χ4n) is 4.93. The zero-order valence-electron chi connectivity index (χ0n) is 25.4. The van der Waals surface area contributed by atoms with Crippen molar-refractivity contribution in [3.05, 3.63) is 89.5 Å². The average molecular weight is 590 g/mol. The number of hydrogen-bond acceptors (Lipinski definition) is 6. The maximum absolute atomic E-state index is 11.8. The molecule has 3 aliphatic rings. The van der Waals surface area contributed by atoms with Gasteiger partial charge >= 0.3 is 0 Å². The highest BCUT2D eigenvalue weighted by Gasteiger charge is 2.35. The molecule has 1 atom stereocenters. The predicted molar refractivity (Wildman–Crippen MR) is 171 cm³/mol. The van der Waals surface area contributed by atoms with Gasteiger partial charge < -0.3 is 10.2 Å². The van der Waals surface area contributed by atoms with Gasteiger partial charge in [-0.2, -0.15) is 0 Å². The Morgan fingerprint density at radius 3 is 1.83 bits per heavy atom. The molecule has 224 valence electrons. The number of hydrogen-bond donors (Lipinski definition) is 2.